The van der Waals surface area contributed by atoms with Crippen LogP contribution in [0.15, 0.2) is 36.4 Å². The highest BCUT2D eigenvalue weighted by atomic mass is 16.5. The fourth-order valence-corrected chi connectivity index (χ4v) is 2.39. The van der Waals surface area contributed by atoms with Crippen molar-refractivity contribution in [2.75, 3.05) is 0 Å². The molecule has 2 nitrogen and oxygen atoms in total. The maximum atomic E-state index is 12.1. The van der Waals surface area contributed by atoms with Crippen molar-refractivity contribution >= 4 is 5.97 Å². The second kappa shape index (κ2) is 6.57. The largest absolute Gasteiger partial charge is 0.426 e. The zero-order valence-electron chi connectivity index (χ0n) is 13.2. The van der Waals surface area contributed by atoms with Gasteiger partial charge in [-0.1, -0.05) is 36.4 Å². The smallest absolute Gasteiger partial charge is 0.311 e. The number of rotatable bonds is 4. The van der Waals surface area contributed by atoms with Gasteiger partial charge in [-0.2, -0.15) is 0 Å². The molecule has 2 aromatic rings. The molecule has 0 heterocycles. The fraction of sp³-hybridized carbons (Fsp3) is 0.316. The molecule has 0 aliphatic carbocycles. The van der Waals surface area contributed by atoms with Crippen molar-refractivity contribution in [2.24, 2.45) is 0 Å². The summed E-state index contributed by atoms with van der Waals surface area (Å²) >= 11 is 0. The summed E-state index contributed by atoms with van der Waals surface area (Å²) in [6.45, 7) is 8.09. The molecule has 21 heavy (non-hydrogen) atoms. The first kappa shape index (κ1) is 15.3. The third-order valence-corrected chi connectivity index (χ3v) is 3.97. The van der Waals surface area contributed by atoms with Gasteiger partial charge in [0, 0.05) is 6.42 Å². The number of aryl methyl sites for hydroxylation is 3. The van der Waals surface area contributed by atoms with Gasteiger partial charge >= 0.3 is 5.97 Å². The van der Waals surface area contributed by atoms with Gasteiger partial charge in [0.1, 0.15) is 5.75 Å². The molecule has 0 radical (unpaired) electrons. The highest BCUT2D eigenvalue weighted by Gasteiger charge is 2.13. The van der Waals surface area contributed by atoms with Crippen LogP contribution in [-0.4, -0.2) is 5.97 Å². The zero-order valence-corrected chi connectivity index (χ0v) is 13.2. The van der Waals surface area contributed by atoms with Gasteiger partial charge in [-0.25, -0.2) is 0 Å². The Bertz CT molecular complexity index is 616. The molecule has 2 aromatic carbocycles. The van der Waals surface area contributed by atoms with E-state index in [2.05, 4.69) is 6.07 Å². The Morgan fingerprint density at radius 1 is 0.952 bits per heavy atom. The molecule has 0 unspecified atom stereocenters. The van der Waals surface area contributed by atoms with Crippen molar-refractivity contribution in [3.8, 4) is 5.75 Å². The number of carbonyl (C=O) groups excluding carboxylic acids is 1. The predicted octanol–water partition coefficient (Wildman–Crippen LogP) is 4.46. The molecule has 2 rings (SSSR count). The van der Waals surface area contributed by atoms with Crippen molar-refractivity contribution in [3.05, 3.63) is 64.2 Å². The lowest BCUT2D eigenvalue weighted by Gasteiger charge is -2.15. The molecule has 0 aromatic heterocycles. The highest BCUT2D eigenvalue weighted by Crippen LogP contribution is 2.29. The van der Waals surface area contributed by atoms with Crippen LogP contribution in [-0.2, 0) is 11.2 Å². The molecular weight excluding hydrogens is 260 g/mol. The first-order valence-corrected chi connectivity index (χ1v) is 7.31. The van der Waals surface area contributed by atoms with E-state index >= 15 is 0 Å². The normalized spacial score (nSPS) is 10.5. The topological polar surface area (TPSA) is 26.3 Å². The zero-order chi connectivity index (χ0) is 15.4. The van der Waals surface area contributed by atoms with Crippen molar-refractivity contribution in [2.45, 2.75) is 40.5 Å². The van der Waals surface area contributed by atoms with Crippen molar-refractivity contribution in [1.82, 2.24) is 0 Å². The lowest BCUT2D eigenvalue weighted by molar-refractivity contribution is -0.134. The van der Waals surface area contributed by atoms with Gasteiger partial charge in [-0.15, -0.1) is 0 Å². The van der Waals surface area contributed by atoms with Gasteiger partial charge in [-0.05, 0) is 61.9 Å². The highest BCUT2D eigenvalue weighted by molar-refractivity contribution is 5.74. The van der Waals surface area contributed by atoms with Crippen LogP contribution in [0.25, 0.3) is 0 Å². The minimum Gasteiger partial charge on any atom is -0.426 e. The van der Waals surface area contributed by atoms with Gasteiger partial charge in [0.15, 0.2) is 0 Å². The summed E-state index contributed by atoms with van der Waals surface area (Å²) in [5.41, 5.74) is 5.56. The number of esters is 1. The third kappa shape index (κ3) is 3.72. The van der Waals surface area contributed by atoms with Crippen molar-refractivity contribution < 1.29 is 9.53 Å². The van der Waals surface area contributed by atoms with E-state index in [4.69, 9.17) is 4.74 Å². The number of carbonyl (C=O) groups is 1. The molecule has 0 saturated carbocycles. The van der Waals surface area contributed by atoms with Crippen molar-refractivity contribution in [1.29, 1.82) is 0 Å². The Labute approximate surface area is 126 Å². The molecule has 0 aliphatic rings. The number of hydrogen-bond acceptors (Lipinski definition) is 2. The standard InChI is InChI=1S/C19H22O2/c1-13-12-14(2)16(4)19(15(13)3)21-18(20)11-10-17-8-6-5-7-9-17/h5-9,12H,10-11H2,1-4H3. The molecule has 0 aliphatic heterocycles. The summed E-state index contributed by atoms with van der Waals surface area (Å²) in [7, 11) is 0. The average Bonchev–Trinajstić information content (AvgIpc) is 2.48. The van der Waals surface area contributed by atoms with Gasteiger partial charge in [-0.3, -0.25) is 4.79 Å². The summed E-state index contributed by atoms with van der Waals surface area (Å²) in [4.78, 5) is 12.1. The van der Waals surface area contributed by atoms with Crippen LogP contribution in [0.2, 0.25) is 0 Å². The summed E-state index contributed by atoms with van der Waals surface area (Å²) < 4.78 is 5.62. The summed E-state index contributed by atoms with van der Waals surface area (Å²) in [6.07, 6.45) is 1.11. The molecule has 0 saturated heterocycles. The summed E-state index contributed by atoms with van der Waals surface area (Å²) in [5.74, 6) is 0.556. The Morgan fingerprint density at radius 3 is 2.10 bits per heavy atom. The monoisotopic (exact) mass is 282 g/mol. The quantitative estimate of drug-likeness (QED) is 0.611. The number of ether oxygens (including phenoxy) is 1. The van der Waals surface area contributed by atoms with Crippen molar-refractivity contribution in [3.63, 3.8) is 0 Å². The van der Waals surface area contributed by atoms with Crippen LogP contribution < -0.4 is 4.74 Å². The summed E-state index contributed by atoms with van der Waals surface area (Å²) in [5, 5.41) is 0. The molecule has 0 atom stereocenters. The maximum absolute atomic E-state index is 12.1. The predicted molar refractivity (Wildman–Crippen MR) is 85.8 cm³/mol. The second-order valence-electron chi connectivity index (χ2n) is 5.55. The van der Waals surface area contributed by atoms with E-state index in [-0.39, 0.29) is 5.97 Å². The van der Waals surface area contributed by atoms with E-state index in [1.165, 1.54) is 0 Å². The average molecular weight is 282 g/mol. The Kier molecular flexibility index (Phi) is 4.79. The Hall–Kier alpha value is -2.09. The third-order valence-electron chi connectivity index (χ3n) is 3.97. The molecule has 2 heteroatoms. The Morgan fingerprint density at radius 2 is 1.52 bits per heavy atom. The lowest BCUT2D eigenvalue weighted by atomic mass is 10.00. The second-order valence-corrected chi connectivity index (χ2v) is 5.55. The molecule has 0 fully saturated rings. The van der Waals surface area contributed by atoms with Crippen LogP contribution >= 0.6 is 0 Å². The van der Waals surface area contributed by atoms with Gasteiger partial charge in [0.25, 0.3) is 0 Å². The first-order chi connectivity index (χ1) is 9.99. The molecular formula is C19H22O2. The molecule has 110 valence electrons. The lowest BCUT2D eigenvalue weighted by Crippen LogP contribution is -2.11. The van der Waals surface area contributed by atoms with Crippen LogP contribution in [0.4, 0.5) is 0 Å². The van der Waals surface area contributed by atoms with Gasteiger partial charge in [0.2, 0.25) is 0 Å². The van der Waals surface area contributed by atoms with Gasteiger partial charge < -0.3 is 4.74 Å². The van der Waals surface area contributed by atoms with Gasteiger partial charge in [0.05, 0.1) is 0 Å². The van der Waals surface area contributed by atoms with E-state index in [1.54, 1.807) is 0 Å². The van der Waals surface area contributed by atoms with E-state index < -0.39 is 0 Å². The fourth-order valence-electron chi connectivity index (χ4n) is 2.39. The SMILES string of the molecule is Cc1cc(C)c(C)c(OC(=O)CCc2ccccc2)c1C. The molecule has 0 amide bonds. The molecule has 0 bridgehead atoms. The van der Waals surface area contributed by atoms with E-state index in [1.807, 2.05) is 58.0 Å². The van der Waals surface area contributed by atoms with Crippen LogP contribution in [0.1, 0.15) is 34.2 Å². The number of hydrogen-bond donors (Lipinski definition) is 0. The van der Waals surface area contributed by atoms with Crippen LogP contribution in [0, 0.1) is 27.7 Å². The maximum Gasteiger partial charge on any atom is 0.311 e. The van der Waals surface area contributed by atoms with Crippen LogP contribution in [0.5, 0.6) is 5.75 Å². The van der Waals surface area contributed by atoms with E-state index in [0.717, 1.165) is 33.6 Å². The molecule has 0 N–H and O–H groups in total. The minimum atomic E-state index is -0.171. The van der Waals surface area contributed by atoms with E-state index in [0.29, 0.717) is 12.8 Å². The minimum absolute atomic E-state index is 0.171. The number of benzene rings is 2. The van der Waals surface area contributed by atoms with Crippen LogP contribution in [0.3, 0.4) is 0 Å². The first-order valence-electron chi connectivity index (χ1n) is 7.31. The summed E-state index contributed by atoms with van der Waals surface area (Å²) in [6, 6.07) is 12.1. The molecule has 0 spiro atoms. The Balaban J connectivity index is 2.07. The van der Waals surface area contributed by atoms with E-state index in [9.17, 15) is 4.79 Å².